The van der Waals surface area contributed by atoms with Gasteiger partial charge < -0.3 is 14.2 Å². The molecule has 1 aliphatic rings. The first-order chi connectivity index (χ1) is 15.7. The maximum absolute atomic E-state index is 12.4. The van der Waals surface area contributed by atoms with Crippen molar-refractivity contribution in [2.75, 3.05) is 38.7 Å². The number of aromatic amines is 1. The van der Waals surface area contributed by atoms with Crippen LogP contribution in [-0.4, -0.2) is 54.5 Å². The van der Waals surface area contributed by atoms with Gasteiger partial charge in [-0.2, -0.15) is 5.10 Å². The predicted molar refractivity (Wildman–Crippen MR) is 122 cm³/mol. The van der Waals surface area contributed by atoms with E-state index in [1.165, 1.54) is 12.8 Å². The van der Waals surface area contributed by atoms with Crippen LogP contribution < -0.4 is 14.8 Å². The second-order valence-corrected chi connectivity index (χ2v) is 7.65. The molecular weight excluding hydrogens is 408 g/mol. The van der Waals surface area contributed by atoms with Gasteiger partial charge in [-0.25, -0.2) is 4.79 Å². The first-order valence-corrected chi connectivity index (χ1v) is 10.8. The van der Waals surface area contributed by atoms with Gasteiger partial charge in [0.25, 0.3) is 0 Å². The van der Waals surface area contributed by atoms with Crippen molar-refractivity contribution < 1.29 is 19.0 Å². The van der Waals surface area contributed by atoms with E-state index in [2.05, 4.69) is 20.4 Å². The first-order valence-electron chi connectivity index (χ1n) is 10.8. The minimum Gasteiger partial charge on any atom is -0.497 e. The number of aromatic nitrogens is 2. The number of rotatable bonds is 9. The van der Waals surface area contributed by atoms with E-state index in [9.17, 15) is 4.79 Å². The molecule has 1 aliphatic heterocycles. The number of ether oxygens (including phenoxy) is 3. The molecule has 2 heterocycles. The number of carbonyl (C=O) groups excluding carboxylic acids is 1. The van der Waals surface area contributed by atoms with Crippen molar-refractivity contribution in [3.8, 4) is 22.6 Å². The van der Waals surface area contributed by atoms with E-state index < -0.39 is 6.09 Å². The number of carbonyl (C=O) groups is 1. The van der Waals surface area contributed by atoms with Gasteiger partial charge in [0.2, 0.25) is 0 Å². The SMILES string of the molecule is COc1cccc(COC(=O)Nc2ccc(-c3cn[nH]c3)cc2OCCN2CCCC2)c1. The monoisotopic (exact) mass is 436 g/mol. The number of hydrogen-bond acceptors (Lipinski definition) is 6. The summed E-state index contributed by atoms with van der Waals surface area (Å²) in [5, 5.41) is 9.63. The molecule has 32 heavy (non-hydrogen) atoms. The number of nitrogens with zero attached hydrogens (tertiary/aromatic N) is 2. The Morgan fingerprint density at radius 1 is 1.16 bits per heavy atom. The van der Waals surface area contributed by atoms with E-state index in [1.54, 1.807) is 13.3 Å². The highest BCUT2D eigenvalue weighted by atomic mass is 16.5. The summed E-state index contributed by atoms with van der Waals surface area (Å²) in [6.07, 6.45) is 5.50. The lowest BCUT2D eigenvalue weighted by Gasteiger charge is -2.17. The molecular formula is C24H28N4O4. The predicted octanol–water partition coefficient (Wildman–Crippen LogP) is 4.31. The Morgan fingerprint density at radius 2 is 2.03 bits per heavy atom. The molecule has 2 N–H and O–H groups in total. The summed E-state index contributed by atoms with van der Waals surface area (Å²) < 4.78 is 16.7. The van der Waals surface area contributed by atoms with Gasteiger partial charge in [-0.05, 0) is 61.3 Å². The van der Waals surface area contributed by atoms with Crippen molar-refractivity contribution in [1.29, 1.82) is 0 Å². The summed E-state index contributed by atoms with van der Waals surface area (Å²) in [6, 6.07) is 13.1. The highest BCUT2D eigenvalue weighted by Gasteiger charge is 2.14. The molecule has 2 aromatic carbocycles. The lowest BCUT2D eigenvalue weighted by Crippen LogP contribution is -2.25. The number of hydrogen-bond donors (Lipinski definition) is 2. The van der Waals surface area contributed by atoms with Gasteiger partial charge in [0.1, 0.15) is 24.7 Å². The molecule has 0 bridgehead atoms. The molecule has 0 unspecified atom stereocenters. The van der Waals surface area contributed by atoms with Crippen molar-refractivity contribution in [3.05, 3.63) is 60.4 Å². The van der Waals surface area contributed by atoms with E-state index >= 15 is 0 Å². The third kappa shape index (κ3) is 5.79. The van der Waals surface area contributed by atoms with Crippen LogP contribution in [0.4, 0.5) is 10.5 Å². The van der Waals surface area contributed by atoms with E-state index in [-0.39, 0.29) is 6.61 Å². The number of anilines is 1. The van der Waals surface area contributed by atoms with Gasteiger partial charge in [-0.15, -0.1) is 0 Å². The molecule has 3 aromatic rings. The zero-order chi connectivity index (χ0) is 22.2. The van der Waals surface area contributed by atoms with Crippen molar-refractivity contribution in [1.82, 2.24) is 15.1 Å². The molecule has 0 radical (unpaired) electrons. The normalized spacial score (nSPS) is 13.7. The van der Waals surface area contributed by atoms with Crippen LogP contribution in [0.25, 0.3) is 11.1 Å². The fourth-order valence-electron chi connectivity index (χ4n) is 3.68. The van der Waals surface area contributed by atoms with Crippen molar-refractivity contribution in [2.45, 2.75) is 19.4 Å². The Hall–Kier alpha value is -3.52. The Kier molecular flexibility index (Phi) is 7.24. The van der Waals surface area contributed by atoms with E-state index in [0.717, 1.165) is 42.1 Å². The number of likely N-dealkylation sites (tertiary alicyclic amines) is 1. The van der Waals surface area contributed by atoms with E-state index in [1.807, 2.05) is 48.7 Å². The summed E-state index contributed by atoms with van der Waals surface area (Å²) >= 11 is 0. The van der Waals surface area contributed by atoms with Crippen LogP contribution in [0.2, 0.25) is 0 Å². The first kappa shape index (κ1) is 21.7. The Morgan fingerprint density at radius 3 is 2.81 bits per heavy atom. The van der Waals surface area contributed by atoms with Crippen LogP contribution >= 0.6 is 0 Å². The lowest BCUT2D eigenvalue weighted by molar-refractivity contribution is 0.155. The molecule has 168 valence electrons. The van der Waals surface area contributed by atoms with Crippen LogP contribution in [0.5, 0.6) is 11.5 Å². The number of amides is 1. The Labute approximate surface area is 187 Å². The Balaban J connectivity index is 1.41. The fraction of sp³-hybridized carbons (Fsp3) is 0.333. The van der Waals surface area contributed by atoms with Gasteiger partial charge in [0.15, 0.2) is 0 Å². The van der Waals surface area contributed by atoms with Gasteiger partial charge in [-0.1, -0.05) is 18.2 Å². The smallest absolute Gasteiger partial charge is 0.412 e. The van der Waals surface area contributed by atoms with Crippen LogP contribution in [0.1, 0.15) is 18.4 Å². The molecule has 0 saturated carbocycles. The topological polar surface area (TPSA) is 88.7 Å². The number of benzene rings is 2. The summed E-state index contributed by atoms with van der Waals surface area (Å²) in [5.74, 6) is 1.32. The van der Waals surface area contributed by atoms with Gasteiger partial charge in [0, 0.05) is 18.3 Å². The summed E-state index contributed by atoms with van der Waals surface area (Å²) in [7, 11) is 1.60. The van der Waals surface area contributed by atoms with Crippen molar-refractivity contribution >= 4 is 11.8 Å². The highest BCUT2D eigenvalue weighted by molar-refractivity contribution is 5.87. The molecule has 4 rings (SSSR count). The number of nitrogens with one attached hydrogen (secondary N) is 2. The maximum atomic E-state index is 12.4. The van der Waals surface area contributed by atoms with Gasteiger partial charge in [0.05, 0.1) is 19.0 Å². The number of H-pyrrole nitrogens is 1. The zero-order valence-electron chi connectivity index (χ0n) is 18.2. The molecule has 8 nitrogen and oxygen atoms in total. The standard InChI is InChI=1S/C24H28N4O4/c1-30-21-6-4-5-18(13-21)17-32-24(29)27-22-8-7-19(20-15-25-26-16-20)14-23(22)31-12-11-28-9-2-3-10-28/h4-8,13-16H,2-3,9-12,17H2,1H3,(H,25,26)(H,27,29). The van der Waals surface area contributed by atoms with E-state index in [4.69, 9.17) is 14.2 Å². The van der Waals surface area contributed by atoms with Gasteiger partial charge in [-0.3, -0.25) is 15.3 Å². The maximum Gasteiger partial charge on any atom is 0.412 e. The average molecular weight is 437 g/mol. The Bertz CT molecular complexity index is 1020. The molecule has 0 atom stereocenters. The molecule has 1 aromatic heterocycles. The van der Waals surface area contributed by atoms with Crippen molar-refractivity contribution in [2.24, 2.45) is 0 Å². The van der Waals surface area contributed by atoms with Crippen LogP contribution in [0, 0.1) is 0 Å². The second-order valence-electron chi connectivity index (χ2n) is 7.65. The molecule has 8 heteroatoms. The third-order valence-electron chi connectivity index (χ3n) is 5.42. The van der Waals surface area contributed by atoms with Crippen molar-refractivity contribution in [3.63, 3.8) is 0 Å². The lowest BCUT2D eigenvalue weighted by atomic mass is 10.1. The second kappa shape index (κ2) is 10.7. The highest BCUT2D eigenvalue weighted by Crippen LogP contribution is 2.31. The fourth-order valence-corrected chi connectivity index (χ4v) is 3.68. The quantitative estimate of drug-likeness (QED) is 0.520. The van der Waals surface area contributed by atoms with Crippen LogP contribution in [0.15, 0.2) is 54.9 Å². The minimum absolute atomic E-state index is 0.140. The summed E-state index contributed by atoms with van der Waals surface area (Å²) in [4.78, 5) is 14.8. The number of methoxy groups -OCH3 is 1. The largest absolute Gasteiger partial charge is 0.497 e. The average Bonchev–Trinajstić information content (AvgIpc) is 3.53. The zero-order valence-corrected chi connectivity index (χ0v) is 18.2. The van der Waals surface area contributed by atoms with Crippen LogP contribution in [0.3, 0.4) is 0 Å². The molecule has 0 spiro atoms. The molecule has 1 saturated heterocycles. The summed E-state index contributed by atoms with van der Waals surface area (Å²) in [6.45, 7) is 3.76. The third-order valence-corrected chi connectivity index (χ3v) is 5.42. The molecule has 0 aliphatic carbocycles. The van der Waals surface area contributed by atoms with Crippen LogP contribution in [-0.2, 0) is 11.3 Å². The molecule has 1 amide bonds. The van der Waals surface area contributed by atoms with E-state index in [0.29, 0.717) is 18.0 Å². The van der Waals surface area contributed by atoms with Gasteiger partial charge >= 0.3 is 6.09 Å². The minimum atomic E-state index is -0.548. The molecule has 1 fully saturated rings. The summed E-state index contributed by atoms with van der Waals surface area (Å²) in [5.41, 5.74) is 3.30.